The SMILES string of the molecule is NC(=O)CCn1cc(/C=N\NC(=O)Cc2ccc3c(c2)OCCO3)c2ccccc21. The fraction of sp³-hybridized carbons (Fsp3) is 0.227. The Labute approximate surface area is 173 Å². The number of nitrogens with two attached hydrogens (primary N) is 1. The van der Waals surface area contributed by atoms with Gasteiger partial charge in [0.15, 0.2) is 11.5 Å². The number of rotatable bonds is 7. The van der Waals surface area contributed by atoms with E-state index in [1.807, 2.05) is 47.2 Å². The minimum absolute atomic E-state index is 0.175. The summed E-state index contributed by atoms with van der Waals surface area (Å²) in [7, 11) is 0. The minimum atomic E-state index is -0.352. The summed E-state index contributed by atoms with van der Waals surface area (Å²) in [4.78, 5) is 23.4. The molecule has 0 radical (unpaired) electrons. The van der Waals surface area contributed by atoms with Gasteiger partial charge in [0.05, 0.1) is 12.6 Å². The highest BCUT2D eigenvalue weighted by molar-refractivity contribution is 5.99. The van der Waals surface area contributed by atoms with Crippen LogP contribution in [-0.2, 0) is 22.6 Å². The van der Waals surface area contributed by atoms with Gasteiger partial charge in [-0.2, -0.15) is 5.10 Å². The zero-order valence-electron chi connectivity index (χ0n) is 16.3. The fourth-order valence-electron chi connectivity index (χ4n) is 3.39. The van der Waals surface area contributed by atoms with E-state index in [1.54, 1.807) is 12.3 Å². The van der Waals surface area contributed by atoms with Gasteiger partial charge in [-0.3, -0.25) is 9.59 Å². The number of aromatic nitrogens is 1. The van der Waals surface area contributed by atoms with Crippen LogP contribution in [0.4, 0.5) is 0 Å². The zero-order chi connectivity index (χ0) is 20.9. The molecule has 0 atom stereocenters. The molecule has 0 saturated heterocycles. The molecule has 2 heterocycles. The topological polar surface area (TPSA) is 108 Å². The van der Waals surface area contributed by atoms with E-state index in [1.165, 1.54) is 0 Å². The Hall–Kier alpha value is -3.81. The van der Waals surface area contributed by atoms with Gasteiger partial charge in [-0.1, -0.05) is 24.3 Å². The maximum absolute atomic E-state index is 12.3. The molecule has 1 aliphatic heterocycles. The Morgan fingerprint density at radius 3 is 2.77 bits per heavy atom. The summed E-state index contributed by atoms with van der Waals surface area (Å²) in [5, 5.41) is 5.08. The smallest absolute Gasteiger partial charge is 0.244 e. The second-order valence-electron chi connectivity index (χ2n) is 6.96. The van der Waals surface area contributed by atoms with Gasteiger partial charge in [0.1, 0.15) is 13.2 Å². The minimum Gasteiger partial charge on any atom is -0.486 e. The van der Waals surface area contributed by atoms with Crippen molar-refractivity contribution in [1.82, 2.24) is 9.99 Å². The first-order chi connectivity index (χ1) is 14.6. The molecule has 0 aliphatic carbocycles. The van der Waals surface area contributed by atoms with Crippen LogP contribution in [-0.4, -0.2) is 35.8 Å². The average molecular weight is 406 g/mol. The van der Waals surface area contributed by atoms with Crippen LogP contribution in [0.5, 0.6) is 11.5 Å². The number of primary amides is 1. The van der Waals surface area contributed by atoms with Gasteiger partial charge in [0.25, 0.3) is 0 Å². The third-order valence-corrected chi connectivity index (χ3v) is 4.78. The molecule has 2 amide bonds. The number of hydrogen-bond donors (Lipinski definition) is 2. The number of ether oxygens (including phenoxy) is 2. The molecule has 154 valence electrons. The molecule has 8 heteroatoms. The van der Waals surface area contributed by atoms with Gasteiger partial charge in [0.2, 0.25) is 11.8 Å². The molecule has 1 aliphatic rings. The zero-order valence-corrected chi connectivity index (χ0v) is 16.3. The van der Waals surface area contributed by atoms with Crippen LogP contribution in [0.25, 0.3) is 10.9 Å². The Morgan fingerprint density at radius 2 is 1.93 bits per heavy atom. The third-order valence-electron chi connectivity index (χ3n) is 4.78. The van der Waals surface area contributed by atoms with Crippen molar-refractivity contribution in [3.8, 4) is 11.5 Å². The standard InChI is InChI=1S/C22H22N4O4/c23-21(27)7-8-26-14-16(17-3-1-2-4-18(17)26)13-24-25-22(28)12-15-5-6-19-20(11-15)30-10-9-29-19/h1-6,11,13-14H,7-10,12H2,(H2,23,27)(H,25,28)/b24-13-. The van der Waals surface area contributed by atoms with Crippen molar-refractivity contribution in [2.45, 2.75) is 19.4 Å². The number of para-hydroxylation sites is 1. The predicted molar refractivity (Wildman–Crippen MR) is 113 cm³/mol. The van der Waals surface area contributed by atoms with Gasteiger partial charge < -0.3 is 19.8 Å². The fourth-order valence-corrected chi connectivity index (χ4v) is 3.39. The Bertz CT molecular complexity index is 1120. The third kappa shape index (κ3) is 4.43. The highest BCUT2D eigenvalue weighted by atomic mass is 16.6. The van der Waals surface area contributed by atoms with E-state index in [9.17, 15) is 9.59 Å². The van der Waals surface area contributed by atoms with E-state index in [2.05, 4.69) is 10.5 Å². The van der Waals surface area contributed by atoms with Crippen LogP contribution in [0, 0.1) is 0 Å². The van der Waals surface area contributed by atoms with Gasteiger partial charge in [-0.25, -0.2) is 5.43 Å². The number of hydrogen-bond acceptors (Lipinski definition) is 5. The second-order valence-corrected chi connectivity index (χ2v) is 6.96. The number of amides is 2. The maximum atomic E-state index is 12.3. The Balaban J connectivity index is 1.42. The normalized spacial score (nSPS) is 12.9. The Kier molecular flexibility index (Phi) is 5.65. The van der Waals surface area contributed by atoms with Crippen LogP contribution < -0.4 is 20.6 Å². The monoisotopic (exact) mass is 406 g/mol. The summed E-state index contributed by atoms with van der Waals surface area (Å²) in [6, 6.07) is 13.2. The molecule has 2 aromatic carbocycles. The number of nitrogens with one attached hydrogen (secondary N) is 1. The molecular weight excluding hydrogens is 384 g/mol. The van der Waals surface area contributed by atoms with E-state index in [4.69, 9.17) is 15.2 Å². The number of hydrazone groups is 1. The van der Waals surface area contributed by atoms with E-state index in [0.717, 1.165) is 22.0 Å². The molecular formula is C22H22N4O4. The van der Waals surface area contributed by atoms with Crippen molar-refractivity contribution in [3.63, 3.8) is 0 Å². The van der Waals surface area contributed by atoms with Gasteiger partial charge in [-0.15, -0.1) is 0 Å². The van der Waals surface area contributed by atoms with Gasteiger partial charge >= 0.3 is 0 Å². The maximum Gasteiger partial charge on any atom is 0.244 e. The lowest BCUT2D eigenvalue weighted by atomic mass is 10.1. The first kappa shape index (κ1) is 19.5. The molecule has 3 N–H and O–H groups in total. The first-order valence-corrected chi connectivity index (χ1v) is 9.67. The second kappa shape index (κ2) is 8.69. The summed E-state index contributed by atoms with van der Waals surface area (Å²) in [5.41, 5.74) is 10.5. The van der Waals surface area contributed by atoms with Crippen LogP contribution in [0.1, 0.15) is 17.5 Å². The van der Waals surface area contributed by atoms with Crippen LogP contribution in [0.15, 0.2) is 53.8 Å². The quantitative estimate of drug-likeness (QED) is 0.462. The van der Waals surface area contributed by atoms with Crippen molar-refractivity contribution in [2.75, 3.05) is 13.2 Å². The Morgan fingerprint density at radius 1 is 1.13 bits per heavy atom. The van der Waals surface area contributed by atoms with Crippen LogP contribution in [0.3, 0.4) is 0 Å². The number of carbonyl (C=O) groups excluding carboxylic acids is 2. The predicted octanol–water partition coefficient (Wildman–Crippen LogP) is 1.98. The number of nitrogens with zero attached hydrogens (tertiary/aromatic N) is 2. The number of benzene rings is 2. The summed E-state index contributed by atoms with van der Waals surface area (Å²) in [6.07, 6.45) is 3.92. The first-order valence-electron chi connectivity index (χ1n) is 9.67. The van der Waals surface area contributed by atoms with E-state index in [-0.39, 0.29) is 24.7 Å². The number of fused-ring (bicyclic) bond motifs is 2. The molecule has 0 unspecified atom stereocenters. The largest absolute Gasteiger partial charge is 0.486 e. The molecule has 0 spiro atoms. The van der Waals surface area contributed by atoms with E-state index < -0.39 is 0 Å². The van der Waals surface area contributed by atoms with E-state index >= 15 is 0 Å². The van der Waals surface area contributed by atoms with Crippen molar-refractivity contribution in [2.24, 2.45) is 10.8 Å². The van der Waals surface area contributed by atoms with Gasteiger partial charge in [0, 0.05) is 35.6 Å². The lowest BCUT2D eigenvalue weighted by molar-refractivity contribution is -0.120. The van der Waals surface area contributed by atoms with Gasteiger partial charge in [-0.05, 0) is 23.8 Å². The van der Waals surface area contributed by atoms with Crippen molar-refractivity contribution in [1.29, 1.82) is 0 Å². The molecule has 30 heavy (non-hydrogen) atoms. The van der Waals surface area contributed by atoms with Crippen molar-refractivity contribution < 1.29 is 19.1 Å². The van der Waals surface area contributed by atoms with Crippen molar-refractivity contribution in [3.05, 3.63) is 59.8 Å². The highest BCUT2D eigenvalue weighted by Crippen LogP contribution is 2.30. The van der Waals surface area contributed by atoms with Crippen molar-refractivity contribution >= 4 is 28.9 Å². The molecule has 0 bridgehead atoms. The molecule has 1 aromatic heterocycles. The summed E-state index contributed by atoms with van der Waals surface area (Å²) in [6.45, 7) is 1.51. The summed E-state index contributed by atoms with van der Waals surface area (Å²) in [5.74, 6) is 0.754. The average Bonchev–Trinajstić information content (AvgIpc) is 3.10. The highest BCUT2D eigenvalue weighted by Gasteiger charge is 2.13. The molecule has 0 saturated carbocycles. The van der Waals surface area contributed by atoms with Crippen LogP contribution in [0.2, 0.25) is 0 Å². The van der Waals surface area contributed by atoms with Crippen LogP contribution >= 0.6 is 0 Å². The number of carbonyl (C=O) groups is 2. The molecule has 8 nitrogen and oxygen atoms in total. The lowest BCUT2D eigenvalue weighted by Gasteiger charge is -2.18. The molecule has 0 fully saturated rings. The summed E-state index contributed by atoms with van der Waals surface area (Å²) >= 11 is 0. The number of aryl methyl sites for hydroxylation is 1. The molecule has 4 rings (SSSR count). The summed E-state index contributed by atoms with van der Waals surface area (Å²) < 4.78 is 13.0. The lowest BCUT2D eigenvalue weighted by Crippen LogP contribution is -2.20. The van der Waals surface area contributed by atoms with E-state index in [0.29, 0.717) is 31.3 Å². The molecule has 3 aromatic rings.